The number of esters is 1. The van der Waals surface area contributed by atoms with Gasteiger partial charge in [-0.2, -0.15) is 0 Å². The lowest BCUT2D eigenvalue weighted by atomic mass is 10.0. The number of carbonyl (C=O) groups is 2. The summed E-state index contributed by atoms with van der Waals surface area (Å²) in [6, 6.07) is -0.544. The number of nitrogens with one attached hydrogen (secondary N) is 1. The Morgan fingerprint density at radius 2 is 0.649 bits per heavy atom. The highest BCUT2D eigenvalue weighted by Gasteiger charge is 2.20. The molecule has 0 aromatic heterocycles. The quantitative estimate of drug-likeness (QED) is 0.0320. The van der Waals surface area contributed by atoms with Crippen molar-refractivity contribution in [3.8, 4) is 0 Å². The van der Waals surface area contributed by atoms with Gasteiger partial charge in [0.05, 0.1) is 25.4 Å². The number of unbranched alkanes of at least 4 members (excludes halogenated alkanes) is 51. The van der Waals surface area contributed by atoms with Crippen LogP contribution < -0.4 is 5.32 Å². The summed E-state index contributed by atoms with van der Waals surface area (Å²) < 4.78 is 5.50. The third-order valence-electron chi connectivity index (χ3n) is 16.5. The fourth-order valence-corrected chi connectivity index (χ4v) is 11.1. The normalized spacial score (nSPS) is 12.6. The highest BCUT2D eigenvalue weighted by Crippen LogP contribution is 2.19. The van der Waals surface area contributed by atoms with Crippen LogP contribution in [-0.2, 0) is 14.3 Å². The molecule has 0 saturated heterocycles. The van der Waals surface area contributed by atoms with Gasteiger partial charge >= 0.3 is 5.97 Å². The van der Waals surface area contributed by atoms with Crippen molar-refractivity contribution >= 4 is 11.9 Å². The van der Waals surface area contributed by atoms with E-state index in [1.54, 1.807) is 0 Å². The molecular weight excluding hydrogens is 947 g/mol. The van der Waals surface area contributed by atoms with Crippen molar-refractivity contribution in [3.63, 3.8) is 0 Å². The molecule has 1 amide bonds. The first-order valence-corrected chi connectivity index (χ1v) is 35.1. The van der Waals surface area contributed by atoms with Gasteiger partial charge < -0.3 is 20.3 Å². The van der Waals surface area contributed by atoms with Crippen molar-refractivity contribution in [1.82, 2.24) is 5.32 Å². The Balaban J connectivity index is 3.38. The third-order valence-corrected chi connectivity index (χ3v) is 16.5. The van der Waals surface area contributed by atoms with Crippen LogP contribution in [0.2, 0.25) is 0 Å². The molecule has 0 aliphatic rings. The molecule has 0 aliphatic carbocycles. The second-order valence-electron chi connectivity index (χ2n) is 24.2. The van der Waals surface area contributed by atoms with Crippen molar-refractivity contribution in [2.24, 2.45) is 0 Å². The van der Waals surface area contributed by atoms with Crippen LogP contribution in [0.3, 0.4) is 0 Å². The molecule has 0 spiro atoms. The lowest BCUT2D eigenvalue weighted by molar-refractivity contribution is -0.143. The first-order chi connectivity index (χ1) is 38.0. The zero-order valence-corrected chi connectivity index (χ0v) is 52.2. The molecule has 3 N–H and O–H groups in total. The van der Waals surface area contributed by atoms with Crippen LogP contribution in [0.1, 0.15) is 393 Å². The predicted molar refractivity (Wildman–Crippen MR) is 338 cm³/mol. The summed E-state index contributed by atoms with van der Waals surface area (Å²) in [6.45, 7) is 4.96. The van der Waals surface area contributed by atoms with Gasteiger partial charge in [0.2, 0.25) is 5.91 Å². The number of rotatable bonds is 66. The molecule has 2 unspecified atom stereocenters. The molecule has 0 aromatic carbocycles. The van der Waals surface area contributed by atoms with E-state index in [0.29, 0.717) is 25.9 Å². The summed E-state index contributed by atoms with van der Waals surface area (Å²) in [7, 11) is 0. The molecule has 6 nitrogen and oxygen atoms in total. The van der Waals surface area contributed by atoms with Gasteiger partial charge in [-0.15, -0.1) is 0 Å². The molecule has 0 radical (unpaired) electrons. The van der Waals surface area contributed by atoms with E-state index in [1.807, 2.05) is 0 Å². The van der Waals surface area contributed by atoms with Crippen molar-refractivity contribution in [3.05, 3.63) is 24.3 Å². The summed E-state index contributed by atoms with van der Waals surface area (Å²) in [6.07, 6.45) is 83.5. The van der Waals surface area contributed by atoms with Crippen molar-refractivity contribution in [2.45, 2.75) is 405 Å². The van der Waals surface area contributed by atoms with Crippen molar-refractivity contribution in [1.29, 1.82) is 0 Å². The summed E-state index contributed by atoms with van der Waals surface area (Å²) >= 11 is 0. The van der Waals surface area contributed by atoms with E-state index in [2.05, 4.69) is 43.5 Å². The Kier molecular flexibility index (Phi) is 65.4. The van der Waals surface area contributed by atoms with E-state index in [-0.39, 0.29) is 18.5 Å². The molecule has 0 aliphatic heterocycles. The minimum absolute atomic E-state index is 0.00796. The first kappa shape index (κ1) is 75.3. The van der Waals surface area contributed by atoms with Crippen LogP contribution in [0.4, 0.5) is 0 Å². The van der Waals surface area contributed by atoms with E-state index in [0.717, 1.165) is 51.4 Å². The zero-order chi connectivity index (χ0) is 55.7. The van der Waals surface area contributed by atoms with Gasteiger partial charge in [-0.25, -0.2) is 0 Å². The Labute approximate surface area is 481 Å². The Hall–Kier alpha value is -1.66. The molecule has 0 rings (SSSR count). The molecule has 0 aromatic rings. The van der Waals surface area contributed by atoms with E-state index in [1.165, 1.54) is 308 Å². The average Bonchev–Trinajstić information content (AvgIpc) is 3.43. The second-order valence-corrected chi connectivity index (χ2v) is 24.2. The van der Waals surface area contributed by atoms with Gasteiger partial charge in [-0.1, -0.05) is 346 Å². The van der Waals surface area contributed by atoms with Crippen LogP contribution in [0, 0.1) is 0 Å². The van der Waals surface area contributed by atoms with Gasteiger partial charge in [-0.3, -0.25) is 9.59 Å². The Morgan fingerprint density at radius 1 is 0.364 bits per heavy atom. The SMILES string of the molecule is CCCCC/C=C\C/C=C\CCCCCCCCCCCC(=O)OCCCCCCCCCCCCCCCCCCCCCCC(=O)NC(CO)C(O)CCCCCCCCCCCCCCCCCCCCCCC. The van der Waals surface area contributed by atoms with Crippen molar-refractivity contribution < 1.29 is 24.5 Å². The highest BCUT2D eigenvalue weighted by atomic mass is 16.5. The summed E-state index contributed by atoms with van der Waals surface area (Å²) in [5.41, 5.74) is 0. The second kappa shape index (κ2) is 66.8. The van der Waals surface area contributed by atoms with E-state index in [4.69, 9.17) is 4.74 Å². The number of allylic oxidation sites excluding steroid dienone is 4. The highest BCUT2D eigenvalue weighted by molar-refractivity contribution is 5.76. The summed E-state index contributed by atoms with van der Waals surface area (Å²) in [5, 5.41) is 23.4. The maximum Gasteiger partial charge on any atom is 0.305 e. The van der Waals surface area contributed by atoms with Crippen LogP contribution in [0.5, 0.6) is 0 Å². The predicted octanol–water partition coefficient (Wildman–Crippen LogP) is 22.5. The van der Waals surface area contributed by atoms with E-state index >= 15 is 0 Å². The van der Waals surface area contributed by atoms with E-state index < -0.39 is 12.1 Å². The summed E-state index contributed by atoms with van der Waals surface area (Å²) in [4.78, 5) is 24.7. The molecule has 6 heteroatoms. The minimum atomic E-state index is -0.667. The molecule has 2 atom stereocenters. The Bertz CT molecular complexity index is 1200. The van der Waals surface area contributed by atoms with Gasteiger partial charge in [-0.05, 0) is 57.8 Å². The number of aliphatic hydroxyl groups is 2. The topological polar surface area (TPSA) is 95.9 Å². The van der Waals surface area contributed by atoms with E-state index in [9.17, 15) is 19.8 Å². The van der Waals surface area contributed by atoms with Crippen LogP contribution in [-0.4, -0.2) is 47.4 Å². The molecular formula is C71H137NO5. The third kappa shape index (κ3) is 63.4. The average molecular weight is 1080 g/mol. The minimum Gasteiger partial charge on any atom is -0.466 e. The van der Waals surface area contributed by atoms with Crippen molar-refractivity contribution in [2.75, 3.05) is 13.2 Å². The first-order valence-electron chi connectivity index (χ1n) is 35.1. The fraction of sp³-hybridized carbons (Fsp3) is 0.915. The smallest absolute Gasteiger partial charge is 0.305 e. The number of hydrogen-bond donors (Lipinski definition) is 3. The van der Waals surface area contributed by atoms with Crippen LogP contribution in [0.15, 0.2) is 24.3 Å². The van der Waals surface area contributed by atoms with Gasteiger partial charge in [0, 0.05) is 12.8 Å². The number of hydrogen-bond acceptors (Lipinski definition) is 5. The van der Waals surface area contributed by atoms with Crippen LogP contribution >= 0.6 is 0 Å². The molecule has 77 heavy (non-hydrogen) atoms. The maximum absolute atomic E-state index is 12.5. The lowest BCUT2D eigenvalue weighted by Crippen LogP contribution is -2.45. The number of amides is 1. The standard InChI is InChI=1S/C71H137NO5/c1-3-5-7-9-11-13-15-17-19-21-23-24-28-31-35-39-43-47-51-55-59-63-69(74)68(67-73)72-70(75)64-60-56-52-48-44-40-36-32-29-25-26-30-34-38-42-46-50-54-58-62-66-77-71(76)65-61-57-53-49-45-41-37-33-27-22-20-18-16-14-12-10-8-6-4-2/h12,14,18,20,68-69,73-74H,3-11,13,15-17,19,21-67H2,1-2H3,(H,72,75)/b14-12-,20-18-. The largest absolute Gasteiger partial charge is 0.466 e. The number of ether oxygens (including phenoxy) is 1. The maximum atomic E-state index is 12.5. The number of aliphatic hydroxyl groups excluding tert-OH is 2. The molecule has 456 valence electrons. The van der Waals surface area contributed by atoms with Crippen LogP contribution in [0.25, 0.3) is 0 Å². The zero-order valence-electron chi connectivity index (χ0n) is 52.2. The molecule has 0 fully saturated rings. The van der Waals surface area contributed by atoms with Gasteiger partial charge in [0.25, 0.3) is 0 Å². The molecule has 0 saturated carbocycles. The van der Waals surface area contributed by atoms with Gasteiger partial charge in [0.1, 0.15) is 0 Å². The monoisotopic (exact) mass is 1080 g/mol. The number of carbonyl (C=O) groups excluding carboxylic acids is 2. The fourth-order valence-electron chi connectivity index (χ4n) is 11.1. The molecule has 0 heterocycles. The Morgan fingerprint density at radius 3 is 1.01 bits per heavy atom. The van der Waals surface area contributed by atoms with Gasteiger partial charge in [0.15, 0.2) is 0 Å². The summed E-state index contributed by atoms with van der Waals surface area (Å²) in [5.74, 6) is -0.0246. The lowest BCUT2D eigenvalue weighted by Gasteiger charge is -2.22. The molecule has 0 bridgehead atoms.